The molecule has 4 aromatic carbocycles. The lowest BCUT2D eigenvalue weighted by atomic mass is 9.99. The summed E-state index contributed by atoms with van der Waals surface area (Å²) in [6.07, 6.45) is 0.168. The van der Waals surface area contributed by atoms with Crippen LogP contribution in [-0.2, 0) is 42.2 Å². The molecular formula is C34H34N2O4. The van der Waals surface area contributed by atoms with Gasteiger partial charge in [0.2, 0.25) is 0 Å². The van der Waals surface area contributed by atoms with Gasteiger partial charge in [0.05, 0.1) is 19.6 Å². The largest absolute Gasteiger partial charge is 0.489 e. The molecule has 0 atom stereocenters. The monoisotopic (exact) mass is 534 g/mol. The van der Waals surface area contributed by atoms with Crippen LogP contribution in [0.25, 0.3) is 22.1 Å². The maximum Gasteiger partial charge on any atom is 0.310 e. The number of fused-ring (bicyclic) bond motifs is 1. The number of para-hydroxylation sites is 1. The maximum atomic E-state index is 12.1. The highest BCUT2D eigenvalue weighted by Crippen LogP contribution is 2.34. The lowest BCUT2D eigenvalue weighted by Gasteiger charge is -2.13. The molecule has 0 unspecified atom stereocenters. The van der Waals surface area contributed by atoms with Crippen LogP contribution < -0.4 is 15.8 Å². The summed E-state index contributed by atoms with van der Waals surface area (Å²) in [4.78, 5) is 12.1. The summed E-state index contributed by atoms with van der Waals surface area (Å²) in [5.74, 6) is 1.26. The van der Waals surface area contributed by atoms with Crippen molar-refractivity contribution in [3.8, 4) is 16.9 Å². The zero-order valence-corrected chi connectivity index (χ0v) is 22.7. The molecule has 0 aliphatic rings. The van der Waals surface area contributed by atoms with Crippen molar-refractivity contribution in [1.29, 1.82) is 0 Å². The van der Waals surface area contributed by atoms with Crippen molar-refractivity contribution in [3.63, 3.8) is 0 Å². The third kappa shape index (κ3) is 6.78. The molecule has 1 aromatic heterocycles. The molecule has 5 aromatic rings. The van der Waals surface area contributed by atoms with Gasteiger partial charge in [-0.15, -0.1) is 0 Å². The summed E-state index contributed by atoms with van der Waals surface area (Å²) in [6, 6.07) is 32.4. The number of hydrogen-bond acceptors (Lipinski definition) is 6. The van der Waals surface area contributed by atoms with Crippen LogP contribution in [0.2, 0.25) is 0 Å². The number of rotatable bonds is 12. The Kier molecular flexibility index (Phi) is 8.91. The van der Waals surface area contributed by atoms with Crippen molar-refractivity contribution in [2.75, 3.05) is 6.61 Å². The van der Waals surface area contributed by atoms with E-state index in [1.54, 1.807) is 6.92 Å². The van der Waals surface area contributed by atoms with Gasteiger partial charge in [0, 0.05) is 29.6 Å². The maximum absolute atomic E-state index is 12.1. The van der Waals surface area contributed by atoms with Gasteiger partial charge in [0.25, 0.3) is 0 Å². The van der Waals surface area contributed by atoms with Crippen LogP contribution in [-0.4, -0.2) is 12.6 Å². The minimum Gasteiger partial charge on any atom is -0.489 e. The molecule has 0 saturated heterocycles. The molecule has 0 aliphatic heterocycles. The molecule has 0 spiro atoms. The van der Waals surface area contributed by atoms with E-state index in [1.807, 2.05) is 54.6 Å². The number of carbonyl (C=O) groups excluding carboxylic acids is 1. The van der Waals surface area contributed by atoms with Crippen LogP contribution in [0.1, 0.15) is 34.9 Å². The first kappa shape index (κ1) is 27.2. The Labute approximate surface area is 234 Å². The number of carbonyl (C=O) groups is 1. The molecule has 5 rings (SSSR count). The third-order valence-electron chi connectivity index (χ3n) is 6.68. The molecule has 40 heavy (non-hydrogen) atoms. The molecule has 0 radical (unpaired) electrons. The highest BCUT2D eigenvalue weighted by atomic mass is 16.5. The fourth-order valence-corrected chi connectivity index (χ4v) is 4.76. The molecule has 0 amide bonds. The number of nitrogens with two attached hydrogens (primary N) is 1. The fourth-order valence-electron chi connectivity index (χ4n) is 4.76. The Hall–Kier alpha value is -4.39. The second-order valence-corrected chi connectivity index (χ2v) is 9.65. The van der Waals surface area contributed by atoms with E-state index in [0.29, 0.717) is 32.1 Å². The molecule has 0 aliphatic carbocycles. The van der Waals surface area contributed by atoms with Gasteiger partial charge < -0.3 is 24.9 Å². The molecular weight excluding hydrogens is 500 g/mol. The molecule has 6 heteroatoms. The van der Waals surface area contributed by atoms with Crippen LogP contribution in [0.15, 0.2) is 101 Å². The Morgan fingerprint density at radius 1 is 0.850 bits per heavy atom. The second-order valence-electron chi connectivity index (χ2n) is 9.65. The quantitative estimate of drug-likeness (QED) is 0.177. The summed E-state index contributed by atoms with van der Waals surface area (Å²) in [5, 5.41) is 4.48. The first-order valence-corrected chi connectivity index (χ1v) is 13.6. The molecule has 3 N–H and O–H groups in total. The van der Waals surface area contributed by atoms with E-state index < -0.39 is 0 Å². The molecule has 204 valence electrons. The van der Waals surface area contributed by atoms with Crippen molar-refractivity contribution >= 4 is 16.9 Å². The Bertz CT molecular complexity index is 1580. The smallest absolute Gasteiger partial charge is 0.310 e. The highest BCUT2D eigenvalue weighted by molar-refractivity contribution is 5.93. The molecule has 0 bridgehead atoms. The minimum absolute atomic E-state index is 0.168. The van der Waals surface area contributed by atoms with E-state index >= 15 is 0 Å². The Balaban J connectivity index is 1.42. The van der Waals surface area contributed by atoms with Gasteiger partial charge in [0.15, 0.2) is 0 Å². The van der Waals surface area contributed by atoms with Crippen molar-refractivity contribution in [2.24, 2.45) is 5.73 Å². The van der Waals surface area contributed by atoms with Crippen LogP contribution in [0.3, 0.4) is 0 Å². The molecule has 1 heterocycles. The topological polar surface area (TPSA) is 86.7 Å². The van der Waals surface area contributed by atoms with Gasteiger partial charge in [-0.2, -0.15) is 0 Å². The molecule has 0 fully saturated rings. The summed E-state index contributed by atoms with van der Waals surface area (Å²) >= 11 is 0. The van der Waals surface area contributed by atoms with E-state index in [2.05, 4.69) is 47.8 Å². The van der Waals surface area contributed by atoms with E-state index in [9.17, 15) is 4.79 Å². The number of hydrogen-bond donors (Lipinski definition) is 2. The highest BCUT2D eigenvalue weighted by Gasteiger charge is 2.15. The van der Waals surface area contributed by atoms with Gasteiger partial charge in [-0.05, 0) is 59.5 Å². The molecule has 0 saturated carbocycles. The minimum atomic E-state index is -0.270. The lowest BCUT2D eigenvalue weighted by molar-refractivity contribution is -0.142. The van der Waals surface area contributed by atoms with E-state index in [1.165, 1.54) is 5.56 Å². The Morgan fingerprint density at radius 3 is 2.48 bits per heavy atom. The Morgan fingerprint density at radius 2 is 1.65 bits per heavy atom. The van der Waals surface area contributed by atoms with Gasteiger partial charge >= 0.3 is 5.97 Å². The molecule has 6 nitrogen and oxygen atoms in total. The average molecular weight is 535 g/mol. The fraction of sp³-hybridized carbons (Fsp3) is 0.206. The van der Waals surface area contributed by atoms with Crippen molar-refractivity contribution in [3.05, 3.63) is 125 Å². The van der Waals surface area contributed by atoms with Crippen LogP contribution in [0.4, 0.5) is 0 Å². The number of furan rings is 1. The average Bonchev–Trinajstić information content (AvgIpc) is 3.40. The normalized spacial score (nSPS) is 11.1. The van der Waals surface area contributed by atoms with Gasteiger partial charge in [-0.1, -0.05) is 66.7 Å². The van der Waals surface area contributed by atoms with Crippen molar-refractivity contribution in [1.82, 2.24) is 5.32 Å². The second kappa shape index (κ2) is 13.1. The van der Waals surface area contributed by atoms with E-state index in [-0.39, 0.29) is 12.4 Å². The first-order valence-electron chi connectivity index (χ1n) is 13.6. The van der Waals surface area contributed by atoms with Crippen LogP contribution >= 0.6 is 0 Å². The third-order valence-corrected chi connectivity index (χ3v) is 6.68. The van der Waals surface area contributed by atoms with Crippen LogP contribution in [0, 0.1) is 0 Å². The van der Waals surface area contributed by atoms with Crippen LogP contribution in [0.5, 0.6) is 5.75 Å². The van der Waals surface area contributed by atoms with Gasteiger partial charge in [0.1, 0.15) is 23.7 Å². The van der Waals surface area contributed by atoms with E-state index in [4.69, 9.17) is 19.6 Å². The zero-order chi connectivity index (χ0) is 27.7. The van der Waals surface area contributed by atoms with Crippen molar-refractivity contribution < 1.29 is 18.7 Å². The summed E-state index contributed by atoms with van der Waals surface area (Å²) in [6.45, 7) is 4.32. The zero-order valence-electron chi connectivity index (χ0n) is 22.7. The van der Waals surface area contributed by atoms with Gasteiger partial charge in [-0.25, -0.2) is 0 Å². The first-order chi connectivity index (χ1) is 19.6. The summed E-state index contributed by atoms with van der Waals surface area (Å²) in [5.41, 5.74) is 12.9. The van der Waals surface area contributed by atoms with Gasteiger partial charge in [-0.3, -0.25) is 4.79 Å². The number of esters is 1. The lowest BCUT2D eigenvalue weighted by Crippen LogP contribution is -2.11. The predicted octanol–water partition coefficient (Wildman–Crippen LogP) is 6.53. The number of benzene rings is 4. The summed E-state index contributed by atoms with van der Waals surface area (Å²) < 4.78 is 17.8. The number of ether oxygens (including phenoxy) is 2. The SMILES string of the molecule is CCOC(=O)Cc1ccccc1OCc1cc(-c2cccc(CN)c2)c2oc(CNCc3ccccc3)cc2c1. The van der Waals surface area contributed by atoms with Crippen molar-refractivity contribution in [2.45, 2.75) is 39.6 Å². The predicted molar refractivity (Wildman–Crippen MR) is 158 cm³/mol. The summed E-state index contributed by atoms with van der Waals surface area (Å²) in [7, 11) is 0. The standard InChI is InChI=1S/C34H34N2O4/c1-2-38-33(37)19-28-12-6-7-14-32(28)39-23-26-16-29-18-30(22-36-21-24-9-4-3-5-10-24)40-34(29)31(17-26)27-13-8-11-25(15-27)20-35/h3-18,36H,2,19-23,35H2,1H3. The van der Waals surface area contributed by atoms with E-state index in [0.717, 1.165) is 51.1 Å². The number of nitrogens with one attached hydrogen (secondary N) is 1.